The van der Waals surface area contributed by atoms with Crippen LogP contribution in [-0.2, 0) is 0 Å². The highest BCUT2D eigenvalue weighted by molar-refractivity contribution is 6.36. The third-order valence-corrected chi connectivity index (χ3v) is 2.81. The van der Waals surface area contributed by atoms with Crippen molar-refractivity contribution in [2.45, 2.75) is 0 Å². The van der Waals surface area contributed by atoms with Crippen molar-refractivity contribution in [3.8, 4) is 0 Å². The third-order valence-electron chi connectivity index (χ3n) is 2.50. The van der Waals surface area contributed by atoms with E-state index < -0.39 is 0 Å². The van der Waals surface area contributed by atoms with Gasteiger partial charge in [-0.3, -0.25) is 4.98 Å². The number of benzene rings is 1. The molecule has 0 spiro atoms. The van der Waals surface area contributed by atoms with Gasteiger partial charge in [-0.25, -0.2) is 0 Å². The lowest BCUT2D eigenvalue weighted by atomic mass is 10.1. The van der Waals surface area contributed by atoms with E-state index in [1.165, 1.54) is 0 Å². The second-order valence-electron chi connectivity index (χ2n) is 3.44. The summed E-state index contributed by atoms with van der Waals surface area (Å²) in [6.45, 7) is 0.723. The van der Waals surface area contributed by atoms with Gasteiger partial charge in [0.05, 0.1) is 10.5 Å². The average Bonchev–Trinajstić information content (AvgIpc) is 2.30. The SMILES string of the molecule is Clc1cc2c(c3ncccc13)[N-]CC=C2. The first-order valence-electron chi connectivity index (χ1n) is 4.77. The summed E-state index contributed by atoms with van der Waals surface area (Å²) in [6, 6.07) is 5.80. The molecule has 15 heavy (non-hydrogen) atoms. The Bertz CT molecular complexity index is 561. The van der Waals surface area contributed by atoms with E-state index in [-0.39, 0.29) is 0 Å². The van der Waals surface area contributed by atoms with E-state index in [0.29, 0.717) is 0 Å². The molecular formula is C12H8ClN2-. The van der Waals surface area contributed by atoms with Crippen LogP contribution in [0.4, 0.5) is 5.69 Å². The Kier molecular flexibility index (Phi) is 1.89. The molecule has 0 fully saturated rings. The minimum absolute atomic E-state index is 0.723. The zero-order chi connectivity index (χ0) is 10.3. The van der Waals surface area contributed by atoms with Gasteiger partial charge in [0.1, 0.15) is 0 Å². The van der Waals surface area contributed by atoms with Crippen molar-refractivity contribution in [3.63, 3.8) is 0 Å². The van der Waals surface area contributed by atoms with Crippen LogP contribution in [0.25, 0.3) is 22.3 Å². The summed E-state index contributed by atoms with van der Waals surface area (Å²) >= 11 is 6.18. The summed E-state index contributed by atoms with van der Waals surface area (Å²) in [5.74, 6) is 0. The van der Waals surface area contributed by atoms with Gasteiger partial charge in [0.15, 0.2) is 0 Å². The van der Waals surface area contributed by atoms with Gasteiger partial charge in [-0.15, -0.1) is 18.3 Å². The molecule has 0 radical (unpaired) electrons. The molecule has 0 saturated heterocycles. The molecule has 74 valence electrons. The highest BCUT2D eigenvalue weighted by atomic mass is 35.5. The molecule has 0 unspecified atom stereocenters. The molecule has 3 heteroatoms. The number of aromatic nitrogens is 1. The van der Waals surface area contributed by atoms with Crippen LogP contribution in [0.15, 0.2) is 30.5 Å². The molecule has 1 aliphatic rings. The zero-order valence-electron chi connectivity index (χ0n) is 7.94. The van der Waals surface area contributed by atoms with Crippen LogP contribution < -0.4 is 0 Å². The van der Waals surface area contributed by atoms with Crippen LogP contribution in [0, 0.1) is 0 Å². The molecule has 3 rings (SSSR count). The molecule has 2 aromatic rings. The molecule has 1 aromatic heterocycles. The Balaban J connectivity index is 2.45. The molecule has 0 aliphatic carbocycles. The van der Waals surface area contributed by atoms with Crippen molar-refractivity contribution in [2.75, 3.05) is 6.54 Å². The Morgan fingerprint density at radius 3 is 3.27 bits per heavy atom. The lowest BCUT2D eigenvalue weighted by Crippen LogP contribution is -1.90. The van der Waals surface area contributed by atoms with Crippen LogP contribution >= 0.6 is 11.6 Å². The number of halogens is 1. The van der Waals surface area contributed by atoms with Crippen LogP contribution in [0.5, 0.6) is 0 Å². The Hall–Kier alpha value is -1.54. The zero-order valence-corrected chi connectivity index (χ0v) is 8.70. The van der Waals surface area contributed by atoms with Crippen molar-refractivity contribution in [1.82, 2.24) is 4.98 Å². The first-order valence-corrected chi connectivity index (χ1v) is 5.15. The van der Waals surface area contributed by atoms with Crippen LogP contribution in [0.2, 0.25) is 5.02 Å². The molecule has 0 amide bonds. The number of fused-ring (bicyclic) bond motifs is 3. The molecule has 2 heterocycles. The Labute approximate surface area is 92.6 Å². The van der Waals surface area contributed by atoms with E-state index in [0.717, 1.165) is 33.7 Å². The predicted molar refractivity (Wildman–Crippen MR) is 63.7 cm³/mol. The largest absolute Gasteiger partial charge is 0.679 e. The van der Waals surface area contributed by atoms with Gasteiger partial charge in [0.2, 0.25) is 0 Å². The van der Waals surface area contributed by atoms with Gasteiger partial charge in [-0.05, 0) is 23.8 Å². The summed E-state index contributed by atoms with van der Waals surface area (Å²) in [4.78, 5) is 4.34. The van der Waals surface area contributed by atoms with Gasteiger partial charge in [-0.1, -0.05) is 17.7 Å². The van der Waals surface area contributed by atoms with E-state index in [4.69, 9.17) is 11.6 Å². The van der Waals surface area contributed by atoms with Crippen LogP contribution in [0.3, 0.4) is 0 Å². The fourth-order valence-corrected chi connectivity index (χ4v) is 2.09. The predicted octanol–water partition coefficient (Wildman–Crippen LogP) is 3.92. The number of hydrogen-bond acceptors (Lipinski definition) is 1. The number of rotatable bonds is 0. The lowest BCUT2D eigenvalue weighted by molar-refractivity contribution is 1.36. The number of nitrogens with zero attached hydrogens (tertiary/aromatic N) is 2. The topological polar surface area (TPSA) is 27.0 Å². The van der Waals surface area contributed by atoms with Crippen molar-refractivity contribution in [3.05, 3.63) is 46.4 Å². The molecule has 1 aromatic carbocycles. The smallest absolute Gasteiger partial charge is 0.0574 e. The van der Waals surface area contributed by atoms with Gasteiger partial charge < -0.3 is 5.32 Å². The van der Waals surface area contributed by atoms with Crippen molar-refractivity contribution >= 4 is 34.3 Å². The third kappa shape index (κ3) is 1.29. The first-order chi connectivity index (χ1) is 7.36. The Morgan fingerprint density at radius 2 is 2.33 bits per heavy atom. The first kappa shape index (κ1) is 8.74. The molecule has 2 nitrogen and oxygen atoms in total. The molecule has 0 atom stereocenters. The van der Waals surface area contributed by atoms with Crippen LogP contribution in [-0.4, -0.2) is 11.5 Å². The standard InChI is InChI=1S/C12H8ClN2/c13-10-7-8-3-1-5-14-11(8)12-9(10)4-2-6-15-12/h1-4,6-7H,5H2/q-1. The van der Waals surface area contributed by atoms with Gasteiger partial charge >= 0.3 is 0 Å². The van der Waals surface area contributed by atoms with Gasteiger partial charge in [0.25, 0.3) is 0 Å². The van der Waals surface area contributed by atoms with E-state index in [1.807, 2.05) is 30.4 Å². The summed E-state index contributed by atoms with van der Waals surface area (Å²) in [6.07, 6.45) is 5.84. The molecule has 0 bridgehead atoms. The number of hydrogen-bond donors (Lipinski definition) is 0. The maximum Gasteiger partial charge on any atom is 0.0574 e. The van der Waals surface area contributed by atoms with Crippen molar-refractivity contribution in [1.29, 1.82) is 0 Å². The van der Waals surface area contributed by atoms with Crippen LogP contribution in [0.1, 0.15) is 5.56 Å². The Morgan fingerprint density at radius 1 is 1.40 bits per heavy atom. The van der Waals surface area contributed by atoms with Gasteiger partial charge in [0, 0.05) is 11.6 Å². The van der Waals surface area contributed by atoms with E-state index in [1.54, 1.807) is 6.20 Å². The van der Waals surface area contributed by atoms with E-state index in [9.17, 15) is 0 Å². The van der Waals surface area contributed by atoms with E-state index >= 15 is 0 Å². The lowest BCUT2D eigenvalue weighted by Gasteiger charge is -2.27. The maximum absolute atomic E-state index is 6.18. The summed E-state index contributed by atoms with van der Waals surface area (Å²) < 4.78 is 0. The fourth-order valence-electron chi connectivity index (χ4n) is 1.82. The van der Waals surface area contributed by atoms with Gasteiger partial charge in [-0.2, -0.15) is 0 Å². The minimum Gasteiger partial charge on any atom is -0.679 e. The average molecular weight is 216 g/mol. The monoisotopic (exact) mass is 215 g/mol. The second-order valence-corrected chi connectivity index (χ2v) is 3.85. The highest BCUT2D eigenvalue weighted by Crippen LogP contribution is 2.38. The summed E-state index contributed by atoms with van der Waals surface area (Å²) in [5, 5.41) is 6.16. The molecule has 0 N–H and O–H groups in total. The van der Waals surface area contributed by atoms with Crippen molar-refractivity contribution in [2.24, 2.45) is 0 Å². The van der Waals surface area contributed by atoms with E-state index in [2.05, 4.69) is 10.3 Å². The molecule has 1 aliphatic heterocycles. The number of pyridine rings is 1. The quantitative estimate of drug-likeness (QED) is 0.654. The summed E-state index contributed by atoms with van der Waals surface area (Å²) in [7, 11) is 0. The molecular weight excluding hydrogens is 208 g/mol. The normalized spacial score (nSPS) is 13.7. The fraction of sp³-hybridized carbons (Fsp3) is 0.0833. The second kappa shape index (κ2) is 3.24. The van der Waals surface area contributed by atoms with Crippen molar-refractivity contribution < 1.29 is 0 Å². The minimum atomic E-state index is 0.723. The molecule has 0 saturated carbocycles. The highest BCUT2D eigenvalue weighted by Gasteiger charge is 2.05. The summed E-state index contributed by atoms with van der Waals surface area (Å²) in [5.41, 5.74) is 2.90. The maximum atomic E-state index is 6.18.